The summed E-state index contributed by atoms with van der Waals surface area (Å²) in [4.78, 5) is 15.4. The van der Waals surface area contributed by atoms with Crippen LogP contribution in [-0.2, 0) is 0 Å². The fourth-order valence-corrected chi connectivity index (χ4v) is 3.45. The van der Waals surface area contributed by atoms with Gasteiger partial charge in [0, 0.05) is 30.7 Å². The van der Waals surface area contributed by atoms with Gasteiger partial charge in [0.25, 0.3) is 0 Å². The molecule has 3 heterocycles. The molecule has 4 rings (SSSR count). The van der Waals surface area contributed by atoms with Crippen molar-refractivity contribution in [2.45, 2.75) is 31.8 Å². The van der Waals surface area contributed by atoms with Crippen LogP contribution in [0.5, 0.6) is 0 Å². The fraction of sp³-hybridized carbons (Fsp3) is 0.444. The van der Waals surface area contributed by atoms with Gasteiger partial charge in [-0.1, -0.05) is 0 Å². The van der Waals surface area contributed by atoms with Gasteiger partial charge in [0.2, 0.25) is 0 Å². The molecular formula is C18H22N6O. The van der Waals surface area contributed by atoms with Crippen LogP contribution in [0, 0.1) is 5.92 Å². The Bertz CT molecular complexity index is 744. The lowest BCUT2D eigenvalue weighted by Gasteiger charge is -2.31. The Kier molecular flexibility index (Phi) is 4.56. The molecule has 0 atom stereocenters. The van der Waals surface area contributed by atoms with Gasteiger partial charge in [0.15, 0.2) is 5.82 Å². The summed E-state index contributed by atoms with van der Waals surface area (Å²) in [7, 11) is 0. The molecule has 0 bridgehead atoms. The zero-order chi connectivity index (χ0) is 17.1. The molecule has 1 aliphatic carbocycles. The predicted octanol–water partition coefficient (Wildman–Crippen LogP) is 2.10. The van der Waals surface area contributed by atoms with Gasteiger partial charge < -0.3 is 10.0 Å². The number of aromatic amines is 1. The molecule has 0 spiro atoms. The van der Waals surface area contributed by atoms with Gasteiger partial charge in [-0.15, -0.1) is 0 Å². The molecule has 1 aliphatic heterocycles. The van der Waals surface area contributed by atoms with Gasteiger partial charge >= 0.3 is 0 Å². The van der Waals surface area contributed by atoms with E-state index in [2.05, 4.69) is 36.3 Å². The number of rotatable bonds is 4. The van der Waals surface area contributed by atoms with Crippen LogP contribution >= 0.6 is 0 Å². The Morgan fingerprint density at radius 3 is 2.76 bits per heavy atom. The first-order valence-corrected chi connectivity index (χ1v) is 8.76. The van der Waals surface area contributed by atoms with Crippen molar-refractivity contribution in [1.29, 1.82) is 0 Å². The Labute approximate surface area is 146 Å². The van der Waals surface area contributed by atoms with Gasteiger partial charge in [-0.25, -0.2) is 4.98 Å². The highest BCUT2D eigenvalue weighted by molar-refractivity contribution is 5.77. The molecule has 1 fully saturated rings. The van der Waals surface area contributed by atoms with E-state index in [0.717, 1.165) is 55.7 Å². The van der Waals surface area contributed by atoms with E-state index in [1.807, 2.05) is 24.5 Å². The topological polar surface area (TPSA) is 90.3 Å². The first-order valence-electron chi connectivity index (χ1n) is 8.76. The van der Waals surface area contributed by atoms with Crippen LogP contribution in [0.1, 0.15) is 31.2 Å². The molecule has 130 valence electrons. The number of nitrogens with zero attached hydrogens (tertiary/aromatic N) is 5. The van der Waals surface area contributed by atoms with Gasteiger partial charge in [-0.3, -0.25) is 15.1 Å². The lowest BCUT2D eigenvalue weighted by molar-refractivity contribution is 0.101. The second kappa shape index (κ2) is 7.14. The molecule has 2 aromatic rings. The van der Waals surface area contributed by atoms with E-state index in [1.54, 1.807) is 0 Å². The van der Waals surface area contributed by atoms with Crippen LogP contribution in [0.15, 0.2) is 35.8 Å². The van der Waals surface area contributed by atoms with Crippen molar-refractivity contribution in [2.75, 3.05) is 13.1 Å². The number of aliphatic hydroxyl groups excluding tert-OH is 1. The van der Waals surface area contributed by atoms with Crippen molar-refractivity contribution < 1.29 is 5.11 Å². The summed E-state index contributed by atoms with van der Waals surface area (Å²) < 4.78 is 0. The van der Waals surface area contributed by atoms with Crippen LogP contribution in [0.3, 0.4) is 0 Å². The normalized spacial score (nSPS) is 23.6. The number of aliphatic hydroxyl groups is 1. The van der Waals surface area contributed by atoms with Crippen LogP contribution in [-0.4, -0.2) is 55.6 Å². The van der Waals surface area contributed by atoms with E-state index >= 15 is 0 Å². The molecule has 25 heavy (non-hydrogen) atoms. The smallest absolute Gasteiger partial charge is 0.174 e. The largest absolute Gasteiger partial charge is 0.393 e. The minimum Gasteiger partial charge on any atom is -0.393 e. The van der Waals surface area contributed by atoms with Crippen molar-refractivity contribution >= 4 is 11.9 Å². The molecule has 2 aromatic heterocycles. The lowest BCUT2D eigenvalue weighted by atomic mass is 9.87. The zero-order valence-electron chi connectivity index (χ0n) is 14.0. The molecule has 7 nitrogen and oxygen atoms in total. The maximum absolute atomic E-state index is 9.65. The average molecular weight is 338 g/mol. The molecule has 2 N–H and O–H groups in total. The number of hydrogen-bond donors (Lipinski definition) is 2. The van der Waals surface area contributed by atoms with Crippen molar-refractivity contribution in [1.82, 2.24) is 25.1 Å². The molecule has 0 amide bonds. The first kappa shape index (κ1) is 16.0. The van der Waals surface area contributed by atoms with Gasteiger partial charge in [0.1, 0.15) is 12.0 Å². The fourth-order valence-electron chi connectivity index (χ4n) is 3.45. The van der Waals surface area contributed by atoms with E-state index in [9.17, 15) is 5.11 Å². The number of aliphatic imine (C=N–C) groups is 1. The van der Waals surface area contributed by atoms with Crippen LogP contribution in [0.2, 0.25) is 0 Å². The number of aromatic nitrogens is 4. The summed E-state index contributed by atoms with van der Waals surface area (Å²) in [6.07, 6.45) is 11.3. The highest BCUT2D eigenvalue weighted by Crippen LogP contribution is 2.27. The van der Waals surface area contributed by atoms with Crippen LogP contribution in [0.25, 0.3) is 17.2 Å². The summed E-state index contributed by atoms with van der Waals surface area (Å²) in [5.41, 5.74) is 2.68. The second-order valence-electron chi connectivity index (χ2n) is 6.72. The Morgan fingerprint density at radius 2 is 2.04 bits per heavy atom. The molecule has 0 radical (unpaired) electrons. The van der Waals surface area contributed by atoms with Crippen molar-refractivity contribution in [3.8, 4) is 11.5 Å². The van der Waals surface area contributed by atoms with Crippen LogP contribution in [0.4, 0.5) is 0 Å². The molecule has 0 aromatic carbocycles. The monoisotopic (exact) mass is 338 g/mol. The summed E-state index contributed by atoms with van der Waals surface area (Å²) in [5.74, 6) is 1.31. The lowest BCUT2D eigenvalue weighted by Crippen LogP contribution is -2.31. The predicted molar refractivity (Wildman–Crippen MR) is 95.6 cm³/mol. The SMILES string of the molecule is OC1CCC(CN2C=C(c3ccc(-c4ncn[nH]4)nc3)N=CC2)CC1. The molecular weight excluding hydrogens is 316 g/mol. The third-order valence-corrected chi connectivity index (χ3v) is 4.88. The highest BCUT2D eigenvalue weighted by Gasteiger charge is 2.21. The maximum Gasteiger partial charge on any atom is 0.174 e. The Balaban J connectivity index is 1.44. The summed E-state index contributed by atoms with van der Waals surface area (Å²) in [6, 6.07) is 3.93. The first-order chi connectivity index (χ1) is 12.3. The van der Waals surface area contributed by atoms with Gasteiger partial charge in [-0.05, 0) is 43.7 Å². The molecule has 2 aliphatic rings. The number of hydrogen-bond acceptors (Lipinski definition) is 6. The van der Waals surface area contributed by atoms with E-state index < -0.39 is 0 Å². The summed E-state index contributed by atoms with van der Waals surface area (Å²) in [5, 5.41) is 16.3. The van der Waals surface area contributed by atoms with Crippen molar-refractivity contribution in [3.05, 3.63) is 36.4 Å². The molecule has 0 unspecified atom stereocenters. The average Bonchev–Trinajstić information content (AvgIpc) is 3.19. The van der Waals surface area contributed by atoms with E-state index in [4.69, 9.17) is 0 Å². The minimum atomic E-state index is -0.0979. The molecule has 1 saturated carbocycles. The maximum atomic E-state index is 9.65. The van der Waals surface area contributed by atoms with E-state index in [1.165, 1.54) is 6.33 Å². The highest BCUT2D eigenvalue weighted by atomic mass is 16.3. The van der Waals surface area contributed by atoms with Gasteiger partial charge in [0.05, 0.1) is 18.3 Å². The number of pyridine rings is 1. The van der Waals surface area contributed by atoms with Crippen molar-refractivity contribution in [2.24, 2.45) is 10.9 Å². The standard InChI is InChI=1S/C18H22N6O/c25-15-4-1-13(2-5-15)10-24-8-7-19-17(11-24)14-3-6-16(20-9-14)18-21-12-22-23-18/h3,6-7,9,11-13,15,25H,1-2,4-5,8,10H2,(H,21,22,23). The third kappa shape index (κ3) is 3.76. The van der Waals surface area contributed by atoms with E-state index in [0.29, 0.717) is 11.7 Å². The second-order valence-corrected chi connectivity index (χ2v) is 6.72. The molecule has 7 heteroatoms. The van der Waals surface area contributed by atoms with Crippen LogP contribution < -0.4 is 0 Å². The molecule has 0 saturated heterocycles. The Hall–Kier alpha value is -2.54. The van der Waals surface area contributed by atoms with Gasteiger partial charge in [-0.2, -0.15) is 5.10 Å². The number of H-pyrrole nitrogens is 1. The summed E-state index contributed by atoms with van der Waals surface area (Å²) >= 11 is 0. The number of nitrogens with one attached hydrogen (secondary N) is 1. The Morgan fingerprint density at radius 1 is 1.16 bits per heavy atom. The van der Waals surface area contributed by atoms with E-state index in [-0.39, 0.29) is 6.10 Å². The quantitative estimate of drug-likeness (QED) is 0.891. The third-order valence-electron chi connectivity index (χ3n) is 4.88. The summed E-state index contributed by atoms with van der Waals surface area (Å²) in [6.45, 7) is 1.86. The zero-order valence-corrected chi connectivity index (χ0v) is 14.0. The van der Waals surface area contributed by atoms with Crippen molar-refractivity contribution in [3.63, 3.8) is 0 Å². The minimum absolute atomic E-state index is 0.0979.